The minimum absolute atomic E-state index is 0.157. The lowest BCUT2D eigenvalue weighted by molar-refractivity contribution is -0.136. The Balaban J connectivity index is 1.84. The molecule has 1 unspecified atom stereocenters. The summed E-state index contributed by atoms with van der Waals surface area (Å²) in [5.74, 6) is 0.294. The summed E-state index contributed by atoms with van der Waals surface area (Å²) in [6.07, 6.45) is -0.497. The maximum absolute atomic E-state index is 12.0. The van der Waals surface area contributed by atoms with Gasteiger partial charge >= 0.3 is 11.8 Å². The van der Waals surface area contributed by atoms with Gasteiger partial charge in [0.1, 0.15) is 17.3 Å². The zero-order chi connectivity index (χ0) is 19.1. The molecule has 26 heavy (non-hydrogen) atoms. The molecule has 140 valence electrons. The van der Waals surface area contributed by atoms with Gasteiger partial charge in [0.15, 0.2) is 0 Å². The van der Waals surface area contributed by atoms with Gasteiger partial charge in [0, 0.05) is 12.1 Å². The maximum atomic E-state index is 12.0. The first-order valence-corrected chi connectivity index (χ1v) is 8.48. The van der Waals surface area contributed by atoms with Crippen molar-refractivity contribution in [3.63, 3.8) is 0 Å². The van der Waals surface area contributed by atoms with Crippen molar-refractivity contribution in [3.05, 3.63) is 47.4 Å². The Morgan fingerprint density at radius 2 is 1.96 bits per heavy atom. The fourth-order valence-corrected chi connectivity index (χ4v) is 2.57. The fraction of sp³-hybridized carbons (Fsp3) is 0.368. The first-order valence-electron chi connectivity index (χ1n) is 8.48. The Morgan fingerprint density at radius 1 is 1.23 bits per heavy atom. The molecule has 0 bridgehead atoms. The summed E-state index contributed by atoms with van der Waals surface area (Å²) in [6, 6.07) is 8.65. The Morgan fingerprint density at radius 3 is 2.62 bits per heavy atom. The van der Waals surface area contributed by atoms with Crippen LogP contribution in [0.15, 0.2) is 34.7 Å². The zero-order valence-corrected chi connectivity index (χ0v) is 15.2. The number of hydrogen-bond donors (Lipinski definition) is 3. The normalized spacial score (nSPS) is 11.7. The molecule has 2 rings (SSSR count). The van der Waals surface area contributed by atoms with E-state index in [1.807, 2.05) is 6.92 Å². The fourth-order valence-electron chi connectivity index (χ4n) is 2.57. The second kappa shape index (κ2) is 9.05. The molecular formula is C19H24N2O5. The lowest BCUT2D eigenvalue weighted by Crippen LogP contribution is -2.36. The summed E-state index contributed by atoms with van der Waals surface area (Å²) < 4.78 is 10.8. The van der Waals surface area contributed by atoms with Gasteiger partial charge in [0.05, 0.1) is 18.4 Å². The van der Waals surface area contributed by atoms with E-state index < -0.39 is 17.9 Å². The van der Waals surface area contributed by atoms with Gasteiger partial charge in [0.2, 0.25) is 0 Å². The van der Waals surface area contributed by atoms with Crippen molar-refractivity contribution in [3.8, 4) is 5.75 Å². The smallest absolute Gasteiger partial charge is 0.313 e. The number of aryl methyl sites for hydroxylation is 2. The highest BCUT2D eigenvalue weighted by molar-refractivity contribution is 6.39. The molecule has 2 amide bonds. The van der Waals surface area contributed by atoms with Crippen molar-refractivity contribution in [2.75, 3.05) is 18.5 Å². The topological polar surface area (TPSA) is 101 Å². The summed E-state index contributed by atoms with van der Waals surface area (Å²) in [6.45, 7) is 6.01. The molecule has 7 heteroatoms. The van der Waals surface area contributed by atoms with E-state index in [9.17, 15) is 14.7 Å². The Kier molecular flexibility index (Phi) is 6.80. The number of carbonyl (C=O) groups is 2. The number of ether oxygens (including phenoxy) is 1. The number of anilines is 1. The van der Waals surface area contributed by atoms with Crippen LogP contribution in [-0.4, -0.2) is 30.1 Å². The number of hydrogen-bond acceptors (Lipinski definition) is 5. The predicted molar refractivity (Wildman–Crippen MR) is 97.0 cm³/mol. The summed E-state index contributed by atoms with van der Waals surface area (Å²) in [4.78, 5) is 24.0. The molecule has 0 aliphatic heterocycles. The molecule has 1 aromatic heterocycles. The van der Waals surface area contributed by atoms with Gasteiger partial charge in [-0.25, -0.2) is 0 Å². The van der Waals surface area contributed by atoms with Crippen molar-refractivity contribution in [1.82, 2.24) is 5.32 Å². The number of aliphatic hydroxyl groups is 1. The van der Waals surface area contributed by atoms with Crippen LogP contribution in [0, 0.1) is 13.8 Å². The molecule has 3 N–H and O–H groups in total. The van der Waals surface area contributed by atoms with Gasteiger partial charge < -0.3 is 24.9 Å². The molecule has 0 fully saturated rings. The predicted octanol–water partition coefficient (Wildman–Crippen LogP) is 2.47. The van der Waals surface area contributed by atoms with Gasteiger partial charge in [-0.1, -0.05) is 12.1 Å². The molecule has 7 nitrogen and oxygen atoms in total. The van der Waals surface area contributed by atoms with Crippen LogP contribution in [0.25, 0.3) is 0 Å². The number of aliphatic hydroxyl groups excluding tert-OH is 1. The average Bonchev–Trinajstić information content (AvgIpc) is 2.95. The minimum atomic E-state index is -0.790. The molecule has 1 heterocycles. The minimum Gasteiger partial charge on any atom is -0.492 e. The number of carbonyl (C=O) groups excluding carboxylic acids is 2. The van der Waals surface area contributed by atoms with E-state index in [-0.39, 0.29) is 13.0 Å². The van der Waals surface area contributed by atoms with E-state index in [0.717, 1.165) is 0 Å². The van der Waals surface area contributed by atoms with Gasteiger partial charge in [-0.2, -0.15) is 0 Å². The van der Waals surface area contributed by atoms with E-state index in [1.54, 1.807) is 44.2 Å². The Bertz CT molecular complexity index is 769. The molecule has 0 saturated heterocycles. The quantitative estimate of drug-likeness (QED) is 0.659. The van der Waals surface area contributed by atoms with Crippen LogP contribution in [0.4, 0.5) is 5.69 Å². The second-order valence-electron chi connectivity index (χ2n) is 5.81. The standard InChI is InChI=1S/C19H24N2O5/c1-4-25-17-8-6-5-7-15(17)21-19(24)18(23)20-10-9-16(22)14-11-12(2)26-13(14)3/h5-8,11,16,22H,4,9-10H2,1-3H3,(H,20,23)(H,21,24). The number of amides is 2. The van der Waals surface area contributed by atoms with Gasteiger partial charge in [-0.05, 0) is 45.4 Å². The van der Waals surface area contributed by atoms with Crippen molar-refractivity contribution in [2.45, 2.75) is 33.3 Å². The number of benzene rings is 1. The third-order valence-corrected chi connectivity index (χ3v) is 3.78. The molecule has 2 aromatic rings. The molecular weight excluding hydrogens is 336 g/mol. The largest absolute Gasteiger partial charge is 0.492 e. The van der Waals surface area contributed by atoms with Crippen molar-refractivity contribution < 1.29 is 23.8 Å². The van der Waals surface area contributed by atoms with Crippen LogP contribution < -0.4 is 15.4 Å². The summed E-state index contributed by atoms with van der Waals surface area (Å²) >= 11 is 0. The molecule has 0 spiro atoms. The third-order valence-electron chi connectivity index (χ3n) is 3.78. The van der Waals surface area contributed by atoms with Gasteiger partial charge in [0.25, 0.3) is 0 Å². The highest BCUT2D eigenvalue weighted by Gasteiger charge is 2.18. The maximum Gasteiger partial charge on any atom is 0.313 e. The first kappa shape index (κ1) is 19.5. The van der Waals surface area contributed by atoms with Crippen molar-refractivity contribution in [2.24, 2.45) is 0 Å². The van der Waals surface area contributed by atoms with Crippen molar-refractivity contribution >= 4 is 17.5 Å². The Labute approximate surface area is 152 Å². The van der Waals surface area contributed by atoms with E-state index in [0.29, 0.717) is 35.1 Å². The lowest BCUT2D eigenvalue weighted by atomic mass is 10.1. The molecule has 1 aromatic carbocycles. The van der Waals surface area contributed by atoms with Crippen LogP contribution in [0.2, 0.25) is 0 Å². The van der Waals surface area contributed by atoms with Crippen LogP contribution in [0.5, 0.6) is 5.75 Å². The SMILES string of the molecule is CCOc1ccccc1NC(=O)C(=O)NCCC(O)c1cc(C)oc1C. The van der Waals surface area contributed by atoms with Gasteiger partial charge in [-0.15, -0.1) is 0 Å². The summed E-state index contributed by atoms with van der Waals surface area (Å²) in [5.41, 5.74) is 1.12. The summed E-state index contributed by atoms with van der Waals surface area (Å²) in [5, 5.41) is 15.2. The molecule has 0 aliphatic carbocycles. The van der Waals surface area contributed by atoms with E-state index in [2.05, 4.69) is 10.6 Å². The highest BCUT2D eigenvalue weighted by Crippen LogP contribution is 2.24. The molecule has 0 radical (unpaired) electrons. The number of para-hydroxylation sites is 2. The lowest BCUT2D eigenvalue weighted by Gasteiger charge is -2.12. The number of furan rings is 1. The molecule has 1 atom stereocenters. The number of rotatable bonds is 7. The summed E-state index contributed by atoms with van der Waals surface area (Å²) in [7, 11) is 0. The van der Waals surface area contributed by atoms with Crippen LogP contribution in [0.3, 0.4) is 0 Å². The zero-order valence-electron chi connectivity index (χ0n) is 15.2. The average molecular weight is 360 g/mol. The highest BCUT2D eigenvalue weighted by atomic mass is 16.5. The van der Waals surface area contributed by atoms with E-state index in [4.69, 9.17) is 9.15 Å². The monoisotopic (exact) mass is 360 g/mol. The molecule has 0 saturated carbocycles. The van der Waals surface area contributed by atoms with Crippen LogP contribution in [-0.2, 0) is 9.59 Å². The van der Waals surface area contributed by atoms with Crippen LogP contribution in [0.1, 0.15) is 36.5 Å². The second-order valence-corrected chi connectivity index (χ2v) is 5.81. The number of nitrogens with one attached hydrogen (secondary N) is 2. The molecule has 0 aliphatic rings. The third kappa shape index (κ3) is 5.10. The van der Waals surface area contributed by atoms with E-state index in [1.165, 1.54) is 0 Å². The van der Waals surface area contributed by atoms with Crippen LogP contribution >= 0.6 is 0 Å². The van der Waals surface area contributed by atoms with E-state index >= 15 is 0 Å². The first-order chi connectivity index (χ1) is 12.4. The van der Waals surface area contributed by atoms with Crippen molar-refractivity contribution in [1.29, 1.82) is 0 Å². The van der Waals surface area contributed by atoms with Gasteiger partial charge in [-0.3, -0.25) is 9.59 Å². The Hall–Kier alpha value is -2.80.